The number of nitrogens with one attached hydrogen (secondary N) is 1. The van der Waals surface area contributed by atoms with E-state index in [2.05, 4.69) is 15.2 Å². The first-order chi connectivity index (χ1) is 16.8. The highest BCUT2D eigenvalue weighted by molar-refractivity contribution is 8.00. The fourth-order valence-corrected chi connectivity index (χ4v) is 5.11. The molecule has 1 unspecified atom stereocenters. The van der Waals surface area contributed by atoms with E-state index in [4.69, 9.17) is 4.74 Å². The first-order valence-corrected chi connectivity index (χ1v) is 11.9. The van der Waals surface area contributed by atoms with Gasteiger partial charge in [-0.25, -0.2) is 0 Å². The normalized spacial score (nSPS) is 12.1. The number of nitrogens with zero attached hydrogens (tertiary/aromatic N) is 3. The maximum atomic E-state index is 13.9. The molecule has 2 heterocycles. The van der Waals surface area contributed by atoms with Crippen molar-refractivity contribution >= 4 is 28.4 Å². The summed E-state index contributed by atoms with van der Waals surface area (Å²) in [6, 6.07) is 27.6. The Morgan fingerprint density at radius 1 is 0.971 bits per heavy atom. The minimum atomic E-state index is -0.477. The molecule has 0 spiro atoms. The number of ketones is 1. The number of Topliss-reactive ketones (excluding diaryl/α,β-unsaturated/α-hetero) is 1. The van der Waals surface area contributed by atoms with E-state index in [1.807, 2.05) is 89.5 Å². The first-order valence-electron chi connectivity index (χ1n) is 11.1. The number of ether oxygens (including phenoxy) is 1. The van der Waals surface area contributed by atoms with Gasteiger partial charge in [-0.1, -0.05) is 90.6 Å². The van der Waals surface area contributed by atoms with E-state index in [1.54, 1.807) is 13.3 Å². The Kier molecular flexibility index (Phi) is 6.56. The maximum absolute atomic E-state index is 13.9. The van der Waals surface area contributed by atoms with Gasteiger partial charge in [-0.15, -0.1) is 10.2 Å². The molecular weight excluding hydrogens is 444 g/mol. The number of rotatable bonds is 9. The minimum Gasteiger partial charge on any atom is -0.383 e. The third-order valence-electron chi connectivity index (χ3n) is 5.69. The lowest BCUT2D eigenvalue weighted by atomic mass is 10.0. The largest absolute Gasteiger partial charge is 0.383 e. The standard InChI is InChI=1S/C27H24N4O2S/c1-33-17-16-31-26(20-12-6-3-7-13-20)29-30-27(31)34-25(19-10-4-2-5-11-19)24(32)22-18-28-23-15-9-8-14-21(22)23/h2-15,18,25,28H,16-17H2,1H3. The second-order valence-corrected chi connectivity index (χ2v) is 8.91. The molecule has 1 N–H and O–H groups in total. The Morgan fingerprint density at radius 3 is 2.44 bits per heavy atom. The van der Waals surface area contributed by atoms with Crippen LogP contribution in [0.15, 0.2) is 96.3 Å². The van der Waals surface area contributed by atoms with Crippen LogP contribution in [-0.4, -0.2) is 39.2 Å². The van der Waals surface area contributed by atoms with Gasteiger partial charge in [-0.2, -0.15) is 0 Å². The van der Waals surface area contributed by atoms with Crippen molar-refractivity contribution in [3.8, 4) is 11.4 Å². The molecule has 0 radical (unpaired) electrons. The average molecular weight is 469 g/mol. The van der Waals surface area contributed by atoms with Crippen LogP contribution in [0.4, 0.5) is 0 Å². The number of methoxy groups -OCH3 is 1. The number of para-hydroxylation sites is 1. The van der Waals surface area contributed by atoms with Gasteiger partial charge < -0.3 is 9.72 Å². The van der Waals surface area contributed by atoms with E-state index in [9.17, 15) is 4.79 Å². The van der Waals surface area contributed by atoms with Crippen LogP contribution in [0.3, 0.4) is 0 Å². The summed E-state index contributed by atoms with van der Waals surface area (Å²) in [5.74, 6) is 0.780. The number of hydrogen-bond acceptors (Lipinski definition) is 5. The van der Waals surface area contributed by atoms with E-state index in [0.717, 1.165) is 27.9 Å². The lowest BCUT2D eigenvalue weighted by Crippen LogP contribution is -2.12. The zero-order valence-electron chi connectivity index (χ0n) is 18.7. The Hall–Kier alpha value is -3.68. The summed E-state index contributed by atoms with van der Waals surface area (Å²) in [6.07, 6.45) is 1.80. The number of fused-ring (bicyclic) bond motifs is 1. The molecule has 0 amide bonds. The smallest absolute Gasteiger partial charge is 0.192 e. The maximum Gasteiger partial charge on any atom is 0.192 e. The zero-order valence-corrected chi connectivity index (χ0v) is 19.5. The van der Waals surface area contributed by atoms with Gasteiger partial charge in [-0.05, 0) is 11.6 Å². The number of carbonyl (C=O) groups excluding carboxylic acids is 1. The molecule has 2 aromatic heterocycles. The van der Waals surface area contributed by atoms with E-state index >= 15 is 0 Å². The number of benzene rings is 3. The van der Waals surface area contributed by atoms with Crippen LogP contribution in [0, 0.1) is 0 Å². The summed E-state index contributed by atoms with van der Waals surface area (Å²) >= 11 is 1.42. The monoisotopic (exact) mass is 468 g/mol. The van der Waals surface area contributed by atoms with Crippen molar-refractivity contribution in [3.05, 3.63) is 102 Å². The molecule has 6 nitrogen and oxygen atoms in total. The van der Waals surface area contributed by atoms with Crippen molar-refractivity contribution < 1.29 is 9.53 Å². The van der Waals surface area contributed by atoms with Gasteiger partial charge in [0.05, 0.1) is 13.2 Å². The van der Waals surface area contributed by atoms with E-state index in [1.165, 1.54) is 11.8 Å². The molecule has 0 saturated heterocycles. The van der Waals surface area contributed by atoms with Crippen LogP contribution in [0.25, 0.3) is 22.3 Å². The SMILES string of the molecule is COCCn1c(SC(C(=O)c2c[nH]c3ccccc23)c2ccccc2)nnc1-c1ccccc1. The average Bonchev–Trinajstić information content (AvgIpc) is 3.51. The molecule has 1 atom stereocenters. The van der Waals surface area contributed by atoms with Crippen molar-refractivity contribution in [2.75, 3.05) is 13.7 Å². The summed E-state index contributed by atoms with van der Waals surface area (Å²) in [4.78, 5) is 17.1. The lowest BCUT2D eigenvalue weighted by molar-refractivity contribution is 0.0991. The third-order valence-corrected chi connectivity index (χ3v) is 6.92. The number of H-pyrrole nitrogens is 1. The highest BCUT2D eigenvalue weighted by atomic mass is 32.2. The van der Waals surface area contributed by atoms with Gasteiger partial charge in [0.1, 0.15) is 5.25 Å². The number of aromatic nitrogens is 4. The Bertz CT molecular complexity index is 1400. The van der Waals surface area contributed by atoms with Crippen LogP contribution in [0.5, 0.6) is 0 Å². The molecule has 170 valence electrons. The summed E-state index contributed by atoms with van der Waals surface area (Å²) < 4.78 is 7.38. The van der Waals surface area contributed by atoms with Crippen LogP contribution in [0.2, 0.25) is 0 Å². The molecule has 0 aliphatic rings. The Morgan fingerprint density at radius 2 is 1.68 bits per heavy atom. The van der Waals surface area contributed by atoms with Crippen molar-refractivity contribution in [3.63, 3.8) is 0 Å². The van der Waals surface area contributed by atoms with Crippen molar-refractivity contribution in [2.24, 2.45) is 0 Å². The molecule has 3 aromatic carbocycles. The summed E-state index contributed by atoms with van der Waals surface area (Å²) in [5.41, 5.74) is 3.50. The van der Waals surface area contributed by atoms with Crippen LogP contribution in [0.1, 0.15) is 21.2 Å². The van der Waals surface area contributed by atoms with Crippen molar-refractivity contribution in [1.82, 2.24) is 19.7 Å². The Labute approximate surface area is 202 Å². The molecule has 0 bridgehead atoms. The molecule has 5 aromatic rings. The fourth-order valence-electron chi connectivity index (χ4n) is 3.98. The topological polar surface area (TPSA) is 72.8 Å². The number of thioether (sulfide) groups is 1. The van der Waals surface area contributed by atoms with Gasteiger partial charge in [0, 0.05) is 35.3 Å². The van der Waals surface area contributed by atoms with Gasteiger partial charge >= 0.3 is 0 Å². The molecule has 0 fully saturated rings. The van der Waals surface area contributed by atoms with E-state index in [-0.39, 0.29) is 5.78 Å². The van der Waals surface area contributed by atoms with E-state index in [0.29, 0.717) is 23.9 Å². The Balaban J connectivity index is 1.56. The lowest BCUT2D eigenvalue weighted by Gasteiger charge is -2.17. The van der Waals surface area contributed by atoms with Gasteiger partial charge in [0.15, 0.2) is 16.8 Å². The molecular formula is C27H24N4O2S. The molecule has 7 heteroatoms. The quantitative estimate of drug-likeness (QED) is 0.219. The second kappa shape index (κ2) is 10.1. The predicted octanol–water partition coefficient (Wildman–Crippen LogP) is 5.79. The first kappa shape index (κ1) is 22.1. The van der Waals surface area contributed by atoms with Crippen LogP contribution < -0.4 is 0 Å². The summed E-state index contributed by atoms with van der Waals surface area (Å²) in [7, 11) is 1.67. The summed E-state index contributed by atoms with van der Waals surface area (Å²) in [6.45, 7) is 1.09. The third kappa shape index (κ3) is 4.40. The molecule has 0 aliphatic heterocycles. The van der Waals surface area contributed by atoms with Crippen LogP contribution >= 0.6 is 11.8 Å². The highest BCUT2D eigenvalue weighted by Gasteiger charge is 2.28. The summed E-state index contributed by atoms with van der Waals surface area (Å²) in [5, 5.41) is 10.1. The molecule has 34 heavy (non-hydrogen) atoms. The second-order valence-electron chi connectivity index (χ2n) is 7.84. The van der Waals surface area contributed by atoms with E-state index < -0.39 is 5.25 Å². The van der Waals surface area contributed by atoms with Gasteiger partial charge in [0.2, 0.25) is 0 Å². The minimum absolute atomic E-state index is 0.0243. The number of carbonyl (C=O) groups is 1. The molecule has 0 aliphatic carbocycles. The van der Waals surface area contributed by atoms with Crippen molar-refractivity contribution in [2.45, 2.75) is 17.0 Å². The number of hydrogen-bond donors (Lipinski definition) is 1. The predicted molar refractivity (Wildman–Crippen MR) is 135 cm³/mol. The van der Waals surface area contributed by atoms with Crippen LogP contribution in [-0.2, 0) is 11.3 Å². The van der Waals surface area contributed by atoms with Crippen molar-refractivity contribution in [1.29, 1.82) is 0 Å². The highest BCUT2D eigenvalue weighted by Crippen LogP contribution is 2.39. The zero-order chi connectivity index (χ0) is 23.3. The van der Waals surface area contributed by atoms with Gasteiger partial charge in [-0.3, -0.25) is 9.36 Å². The van der Waals surface area contributed by atoms with Gasteiger partial charge in [0.25, 0.3) is 0 Å². The molecule has 0 saturated carbocycles. The molecule has 5 rings (SSSR count). The number of aromatic amines is 1. The fraction of sp³-hybridized carbons (Fsp3) is 0.148.